The summed E-state index contributed by atoms with van der Waals surface area (Å²) >= 11 is 1.43. The van der Waals surface area contributed by atoms with Crippen molar-refractivity contribution in [2.24, 2.45) is 0 Å². The predicted octanol–water partition coefficient (Wildman–Crippen LogP) is 4.57. The molecule has 3 aromatic heterocycles. The van der Waals surface area contributed by atoms with Crippen molar-refractivity contribution < 1.29 is 9.53 Å². The Balaban J connectivity index is 1.32. The number of aromatic nitrogens is 4. The first-order valence-electron chi connectivity index (χ1n) is 10.3. The van der Waals surface area contributed by atoms with Gasteiger partial charge in [0.1, 0.15) is 11.8 Å². The van der Waals surface area contributed by atoms with Gasteiger partial charge in [-0.25, -0.2) is 24.7 Å². The zero-order valence-electron chi connectivity index (χ0n) is 17.5. The Morgan fingerprint density at radius 3 is 2.78 bits per heavy atom. The number of benzene rings is 1. The summed E-state index contributed by atoms with van der Waals surface area (Å²) in [6.07, 6.45) is 4.91. The van der Waals surface area contributed by atoms with E-state index in [-0.39, 0.29) is 6.03 Å². The lowest BCUT2D eigenvalue weighted by Gasteiger charge is -2.09. The van der Waals surface area contributed by atoms with Crippen LogP contribution in [0.15, 0.2) is 55.0 Å². The smallest absolute Gasteiger partial charge is 0.325 e. The molecule has 164 valence electrons. The molecule has 0 radical (unpaired) electrons. The molecule has 0 aliphatic heterocycles. The zero-order chi connectivity index (χ0) is 22.2. The van der Waals surface area contributed by atoms with Crippen LogP contribution < -0.4 is 20.7 Å². The van der Waals surface area contributed by atoms with Crippen LogP contribution in [0.1, 0.15) is 18.2 Å². The number of carbonyl (C=O) groups excluding carboxylic acids is 1. The maximum absolute atomic E-state index is 12.1. The highest BCUT2D eigenvalue weighted by atomic mass is 32.1. The van der Waals surface area contributed by atoms with Crippen LogP contribution in [0.25, 0.3) is 11.0 Å². The summed E-state index contributed by atoms with van der Waals surface area (Å²) in [5.74, 6) is 1.21. The molecule has 9 nitrogen and oxygen atoms in total. The number of ether oxygens (including phenoxy) is 1. The largest absolute Gasteiger partial charge is 0.478 e. The number of anilines is 3. The van der Waals surface area contributed by atoms with Gasteiger partial charge in [-0.1, -0.05) is 25.1 Å². The van der Waals surface area contributed by atoms with Crippen molar-refractivity contribution in [3.63, 3.8) is 0 Å². The summed E-state index contributed by atoms with van der Waals surface area (Å²) in [5.41, 5.74) is 2.14. The Morgan fingerprint density at radius 2 is 1.94 bits per heavy atom. The van der Waals surface area contributed by atoms with Gasteiger partial charge in [0.05, 0.1) is 12.1 Å². The summed E-state index contributed by atoms with van der Waals surface area (Å²) in [6.45, 7) is 3.29. The van der Waals surface area contributed by atoms with E-state index in [1.165, 1.54) is 17.7 Å². The fraction of sp³-hybridized carbons (Fsp3) is 0.227. The molecule has 4 rings (SSSR count). The van der Waals surface area contributed by atoms with E-state index in [9.17, 15) is 4.79 Å². The fourth-order valence-corrected chi connectivity index (χ4v) is 3.71. The molecule has 0 saturated carbocycles. The van der Waals surface area contributed by atoms with Crippen molar-refractivity contribution in [2.45, 2.75) is 19.8 Å². The monoisotopic (exact) mass is 449 g/mol. The van der Waals surface area contributed by atoms with Crippen molar-refractivity contribution in [1.29, 1.82) is 0 Å². The molecular weight excluding hydrogens is 426 g/mol. The first-order valence-corrected chi connectivity index (χ1v) is 11.1. The first-order chi connectivity index (χ1) is 15.7. The van der Waals surface area contributed by atoms with Crippen molar-refractivity contribution in [3.8, 4) is 5.88 Å². The molecule has 0 aliphatic rings. The summed E-state index contributed by atoms with van der Waals surface area (Å²) in [5, 5.41) is 9.38. The van der Waals surface area contributed by atoms with E-state index in [0.29, 0.717) is 35.5 Å². The Labute approximate surface area is 189 Å². The van der Waals surface area contributed by atoms with Gasteiger partial charge in [-0.15, -0.1) is 11.3 Å². The van der Waals surface area contributed by atoms with Gasteiger partial charge in [-0.2, -0.15) is 0 Å². The Bertz CT molecular complexity index is 1180. The second-order valence-electron chi connectivity index (χ2n) is 6.84. The Morgan fingerprint density at radius 1 is 1.06 bits per heavy atom. The highest BCUT2D eigenvalue weighted by Crippen LogP contribution is 2.22. The van der Waals surface area contributed by atoms with Crippen LogP contribution in [0.4, 0.5) is 21.4 Å². The summed E-state index contributed by atoms with van der Waals surface area (Å²) in [6, 6.07) is 12.6. The summed E-state index contributed by atoms with van der Waals surface area (Å²) < 4.78 is 5.62. The number of hydrogen-bond acceptors (Lipinski definition) is 8. The average molecular weight is 450 g/mol. The lowest BCUT2D eigenvalue weighted by molar-refractivity contribution is 0.262. The molecule has 0 bridgehead atoms. The van der Waals surface area contributed by atoms with Crippen LogP contribution in [0.5, 0.6) is 5.88 Å². The molecule has 0 saturated heterocycles. The summed E-state index contributed by atoms with van der Waals surface area (Å²) in [4.78, 5) is 30.5. The minimum absolute atomic E-state index is 0.324. The van der Waals surface area contributed by atoms with Crippen LogP contribution in [-0.4, -0.2) is 39.1 Å². The number of nitrogens with zero attached hydrogens (tertiary/aromatic N) is 4. The zero-order valence-corrected chi connectivity index (χ0v) is 18.4. The second kappa shape index (κ2) is 10.5. The number of carbonyl (C=O) groups is 1. The summed E-state index contributed by atoms with van der Waals surface area (Å²) in [7, 11) is 0. The van der Waals surface area contributed by atoms with Gasteiger partial charge in [0.15, 0.2) is 10.9 Å². The van der Waals surface area contributed by atoms with Crippen LogP contribution in [0.3, 0.4) is 0 Å². The number of fused-ring (bicyclic) bond motifs is 1. The highest BCUT2D eigenvalue weighted by molar-refractivity contribution is 7.15. The minimum atomic E-state index is -0.324. The van der Waals surface area contributed by atoms with Crippen molar-refractivity contribution >= 4 is 45.0 Å². The van der Waals surface area contributed by atoms with E-state index >= 15 is 0 Å². The number of urea groups is 1. The Hall–Kier alpha value is -3.79. The number of para-hydroxylation sites is 1. The number of nitrogens with one attached hydrogen (secondary N) is 3. The molecule has 3 N–H and O–H groups in total. The molecule has 0 atom stereocenters. The van der Waals surface area contributed by atoms with Crippen molar-refractivity contribution in [3.05, 3.63) is 59.9 Å². The minimum Gasteiger partial charge on any atom is -0.478 e. The van der Waals surface area contributed by atoms with Crippen LogP contribution >= 0.6 is 11.3 Å². The molecule has 0 fully saturated rings. The van der Waals surface area contributed by atoms with Crippen LogP contribution in [-0.2, 0) is 6.42 Å². The SMILES string of the molecule is CCCOc1ccc2ncnc(NCCc3cnc(NC(=O)Nc4ccccc4)s3)c2n1. The maximum atomic E-state index is 12.1. The number of thiazole rings is 1. The molecule has 0 spiro atoms. The van der Waals surface area contributed by atoms with Crippen LogP contribution in [0.2, 0.25) is 0 Å². The van der Waals surface area contributed by atoms with E-state index < -0.39 is 0 Å². The standard InChI is InChI=1S/C22H23N7O2S/c1-2-12-31-18-9-8-17-19(28-18)20(26-14-25-17)23-11-10-16-13-24-22(32-16)29-21(30)27-15-6-4-3-5-7-15/h3-9,13-14H,2,10-12H2,1H3,(H,23,25,26)(H2,24,27,29,30). The number of amides is 2. The molecule has 10 heteroatoms. The van der Waals surface area contributed by atoms with E-state index in [0.717, 1.165) is 28.9 Å². The predicted molar refractivity (Wildman–Crippen MR) is 127 cm³/mol. The molecule has 1 aromatic carbocycles. The highest BCUT2D eigenvalue weighted by Gasteiger charge is 2.09. The molecule has 32 heavy (non-hydrogen) atoms. The lowest BCUT2D eigenvalue weighted by atomic mass is 10.3. The van der Waals surface area contributed by atoms with Gasteiger partial charge >= 0.3 is 6.03 Å². The van der Waals surface area contributed by atoms with Gasteiger partial charge in [0, 0.05) is 35.8 Å². The molecule has 0 aliphatic carbocycles. The van der Waals surface area contributed by atoms with Crippen molar-refractivity contribution in [1.82, 2.24) is 19.9 Å². The molecule has 0 unspecified atom stereocenters. The van der Waals surface area contributed by atoms with Gasteiger partial charge in [0.2, 0.25) is 5.88 Å². The van der Waals surface area contributed by atoms with E-state index in [1.807, 2.05) is 49.4 Å². The van der Waals surface area contributed by atoms with Gasteiger partial charge < -0.3 is 15.4 Å². The lowest BCUT2D eigenvalue weighted by Crippen LogP contribution is -2.19. The first kappa shape index (κ1) is 21.4. The Kier molecular flexibility index (Phi) is 7.03. The van der Waals surface area contributed by atoms with E-state index in [1.54, 1.807) is 6.20 Å². The van der Waals surface area contributed by atoms with Gasteiger partial charge in [0.25, 0.3) is 0 Å². The third-order valence-electron chi connectivity index (χ3n) is 4.38. The average Bonchev–Trinajstić information content (AvgIpc) is 3.25. The molecular formula is C22H23N7O2S. The molecule has 3 heterocycles. The number of hydrogen-bond donors (Lipinski definition) is 3. The maximum Gasteiger partial charge on any atom is 0.325 e. The third-order valence-corrected chi connectivity index (χ3v) is 5.35. The number of pyridine rings is 1. The van der Waals surface area contributed by atoms with Gasteiger partial charge in [-0.3, -0.25) is 5.32 Å². The fourth-order valence-electron chi connectivity index (χ4n) is 2.90. The molecule has 2 amide bonds. The van der Waals surface area contributed by atoms with E-state index in [4.69, 9.17) is 4.74 Å². The third kappa shape index (κ3) is 5.67. The topological polar surface area (TPSA) is 114 Å². The second-order valence-corrected chi connectivity index (χ2v) is 7.96. The molecule has 4 aromatic rings. The van der Waals surface area contributed by atoms with Crippen LogP contribution in [0, 0.1) is 0 Å². The van der Waals surface area contributed by atoms with Gasteiger partial charge in [-0.05, 0) is 24.6 Å². The van der Waals surface area contributed by atoms with E-state index in [2.05, 4.69) is 35.9 Å². The normalized spacial score (nSPS) is 10.7. The number of rotatable bonds is 9. The quantitative estimate of drug-likeness (QED) is 0.343. The van der Waals surface area contributed by atoms with Crippen molar-refractivity contribution in [2.75, 3.05) is 29.1 Å².